The zero-order valence-corrected chi connectivity index (χ0v) is 13.6. The number of thioether (sulfide) groups is 1. The van der Waals surface area contributed by atoms with E-state index in [2.05, 4.69) is 27.0 Å². The second kappa shape index (κ2) is 6.37. The van der Waals surface area contributed by atoms with Gasteiger partial charge in [-0.05, 0) is 11.6 Å². The van der Waals surface area contributed by atoms with E-state index in [9.17, 15) is 0 Å². The monoisotopic (exact) mass is 359 g/mol. The van der Waals surface area contributed by atoms with Crippen LogP contribution < -0.4 is 5.84 Å². The van der Waals surface area contributed by atoms with E-state index in [1.165, 1.54) is 5.56 Å². The van der Waals surface area contributed by atoms with Crippen molar-refractivity contribution in [2.45, 2.75) is 10.9 Å². The van der Waals surface area contributed by atoms with Crippen LogP contribution in [0.2, 0.25) is 0 Å². The number of imidazole rings is 1. The highest BCUT2D eigenvalue weighted by atomic mass is 79.9. The predicted octanol–water partition coefficient (Wildman–Crippen LogP) is 4.32. The first-order valence-corrected chi connectivity index (χ1v) is 8.28. The van der Waals surface area contributed by atoms with Gasteiger partial charge in [-0.15, -0.1) is 0 Å². The van der Waals surface area contributed by atoms with Crippen LogP contribution in [0.4, 0.5) is 0 Å². The molecule has 5 heteroatoms. The number of nitrogens with zero attached hydrogens (tertiary/aromatic N) is 2. The van der Waals surface area contributed by atoms with Gasteiger partial charge in [0.1, 0.15) is 0 Å². The molecule has 2 N–H and O–H groups in total. The summed E-state index contributed by atoms with van der Waals surface area (Å²) >= 11 is 5.19. The fourth-order valence-corrected chi connectivity index (χ4v) is 3.50. The summed E-state index contributed by atoms with van der Waals surface area (Å²) in [5.41, 5.74) is 3.20. The lowest BCUT2D eigenvalue weighted by atomic mass is 10.2. The van der Waals surface area contributed by atoms with Crippen LogP contribution in [-0.4, -0.2) is 9.66 Å². The van der Waals surface area contributed by atoms with Gasteiger partial charge >= 0.3 is 0 Å². The molecule has 0 fully saturated rings. The van der Waals surface area contributed by atoms with Gasteiger partial charge in [0, 0.05) is 15.8 Å². The first kappa shape index (κ1) is 14.2. The Balaban J connectivity index is 1.78. The topological polar surface area (TPSA) is 43.8 Å². The van der Waals surface area contributed by atoms with Crippen LogP contribution in [0.3, 0.4) is 0 Å². The van der Waals surface area contributed by atoms with Crippen LogP contribution in [0.15, 0.2) is 70.4 Å². The minimum Gasteiger partial charge on any atom is -0.337 e. The molecular weight excluding hydrogens is 346 g/mol. The summed E-state index contributed by atoms with van der Waals surface area (Å²) in [6.45, 7) is 0. The van der Waals surface area contributed by atoms with Crippen molar-refractivity contribution in [2.75, 3.05) is 5.84 Å². The van der Waals surface area contributed by atoms with Crippen LogP contribution in [-0.2, 0) is 5.75 Å². The fraction of sp³-hybridized carbons (Fsp3) is 0.0625. The van der Waals surface area contributed by atoms with Gasteiger partial charge in [-0.3, -0.25) is 0 Å². The van der Waals surface area contributed by atoms with Crippen molar-refractivity contribution in [3.05, 3.63) is 70.8 Å². The first-order chi connectivity index (χ1) is 10.2. The number of benzene rings is 2. The van der Waals surface area contributed by atoms with Crippen molar-refractivity contribution >= 4 is 27.7 Å². The molecule has 21 heavy (non-hydrogen) atoms. The van der Waals surface area contributed by atoms with Crippen LogP contribution in [0.5, 0.6) is 0 Å². The second-order valence-electron chi connectivity index (χ2n) is 4.56. The molecule has 0 aliphatic carbocycles. The van der Waals surface area contributed by atoms with Crippen molar-refractivity contribution in [1.29, 1.82) is 0 Å². The Morgan fingerprint density at radius 3 is 2.52 bits per heavy atom. The molecule has 0 atom stereocenters. The Bertz CT molecular complexity index is 740. The average molecular weight is 360 g/mol. The lowest BCUT2D eigenvalue weighted by Gasteiger charge is -2.03. The van der Waals surface area contributed by atoms with Gasteiger partial charge in [0.2, 0.25) is 0 Å². The Morgan fingerprint density at radius 1 is 1.05 bits per heavy atom. The number of aromatic nitrogens is 2. The van der Waals surface area contributed by atoms with E-state index in [1.54, 1.807) is 16.4 Å². The largest absolute Gasteiger partial charge is 0.337 e. The van der Waals surface area contributed by atoms with E-state index in [1.807, 2.05) is 54.7 Å². The first-order valence-electron chi connectivity index (χ1n) is 6.50. The molecule has 0 radical (unpaired) electrons. The van der Waals surface area contributed by atoms with E-state index >= 15 is 0 Å². The molecule has 1 aromatic heterocycles. The number of halogens is 1. The molecule has 0 bridgehead atoms. The van der Waals surface area contributed by atoms with E-state index in [4.69, 9.17) is 5.84 Å². The summed E-state index contributed by atoms with van der Waals surface area (Å²) in [6, 6.07) is 18.2. The average Bonchev–Trinajstić information content (AvgIpc) is 2.89. The molecule has 3 aromatic rings. The molecule has 106 valence electrons. The Morgan fingerprint density at radius 2 is 1.76 bits per heavy atom. The third kappa shape index (κ3) is 3.31. The van der Waals surface area contributed by atoms with Gasteiger partial charge in [-0.25, -0.2) is 9.66 Å². The molecule has 0 saturated heterocycles. The zero-order valence-electron chi connectivity index (χ0n) is 11.2. The molecule has 0 saturated carbocycles. The Labute approximate surface area is 136 Å². The Kier molecular flexibility index (Phi) is 4.31. The number of hydrogen-bond acceptors (Lipinski definition) is 3. The maximum Gasteiger partial charge on any atom is 0.187 e. The fourth-order valence-electron chi connectivity index (χ4n) is 1.99. The van der Waals surface area contributed by atoms with Gasteiger partial charge < -0.3 is 5.84 Å². The van der Waals surface area contributed by atoms with Crippen molar-refractivity contribution < 1.29 is 0 Å². The highest BCUT2D eigenvalue weighted by Gasteiger charge is 2.09. The summed E-state index contributed by atoms with van der Waals surface area (Å²) in [6.07, 6.45) is 1.86. The number of nitrogens with two attached hydrogens (primary N) is 1. The summed E-state index contributed by atoms with van der Waals surface area (Å²) < 4.78 is 2.69. The molecule has 0 aliphatic heterocycles. The Hall–Kier alpha value is -1.72. The number of rotatable bonds is 4. The van der Waals surface area contributed by atoms with Gasteiger partial charge in [-0.1, -0.05) is 76.2 Å². The SMILES string of the molecule is Nn1cc(-c2ccccc2)nc1SCc1ccccc1Br. The van der Waals surface area contributed by atoms with Crippen molar-refractivity contribution in [1.82, 2.24) is 9.66 Å². The molecule has 0 amide bonds. The summed E-state index contributed by atoms with van der Waals surface area (Å²) in [4.78, 5) is 4.61. The van der Waals surface area contributed by atoms with E-state index in [0.717, 1.165) is 26.6 Å². The third-order valence-electron chi connectivity index (χ3n) is 3.08. The van der Waals surface area contributed by atoms with Crippen LogP contribution in [0.1, 0.15) is 5.56 Å². The molecule has 2 aromatic carbocycles. The summed E-state index contributed by atoms with van der Waals surface area (Å²) in [7, 11) is 0. The van der Waals surface area contributed by atoms with Crippen LogP contribution in [0.25, 0.3) is 11.3 Å². The molecule has 0 aliphatic rings. The molecule has 3 nitrogen and oxygen atoms in total. The number of nitrogen functional groups attached to an aromatic ring is 1. The minimum atomic E-state index is 0.810. The van der Waals surface area contributed by atoms with Gasteiger partial charge in [-0.2, -0.15) is 0 Å². The normalized spacial score (nSPS) is 10.7. The third-order valence-corrected chi connectivity index (χ3v) is 4.87. The number of hydrogen-bond donors (Lipinski definition) is 1. The van der Waals surface area contributed by atoms with Gasteiger partial charge in [0.15, 0.2) is 5.16 Å². The maximum absolute atomic E-state index is 6.00. The predicted molar refractivity (Wildman–Crippen MR) is 91.5 cm³/mol. The van der Waals surface area contributed by atoms with E-state index in [0.29, 0.717) is 0 Å². The van der Waals surface area contributed by atoms with E-state index in [-0.39, 0.29) is 0 Å². The standard InChI is InChI=1S/C16H14BrN3S/c17-14-9-5-4-8-13(14)11-21-16-19-15(10-20(16)18)12-6-2-1-3-7-12/h1-10H,11,18H2. The van der Waals surface area contributed by atoms with Gasteiger partial charge in [0.25, 0.3) is 0 Å². The van der Waals surface area contributed by atoms with Crippen LogP contribution in [0, 0.1) is 0 Å². The maximum atomic E-state index is 6.00. The summed E-state index contributed by atoms with van der Waals surface area (Å²) in [5.74, 6) is 6.83. The minimum absolute atomic E-state index is 0.810. The van der Waals surface area contributed by atoms with Crippen molar-refractivity contribution in [3.8, 4) is 11.3 Å². The molecule has 0 unspecified atom stereocenters. The van der Waals surface area contributed by atoms with Gasteiger partial charge in [0.05, 0.1) is 11.9 Å². The lowest BCUT2D eigenvalue weighted by molar-refractivity contribution is 0.851. The lowest BCUT2D eigenvalue weighted by Crippen LogP contribution is -2.07. The highest BCUT2D eigenvalue weighted by molar-refractivity contribution is 9.10. The molecule has 1 heterocycles. The molecule has 0 spiro atoms. The smallest absolute Gasteiger partial charge is 0.187 e. The van der Waals surface area contributed by atoms with Crippen molar-refractivity contribution in [2.24, 2.45) is 0 Å². The summed E-state index contributed by atoms with van der Waals surface area (Å²) in [5, 5.41) is 0.810. The van der Waals surface area contributed by atoms with E-state index < -0.39 is 0 Å². The second-order valence-corrected chi connectivity index (χ2v) is 6.36. The zero-order chi connectivity index (χ0) is 14.7. The quantitative estimate of drug-likeness (QED) is 0.557. The van der Waals surface area contributed by atoms with Crippen LogP contribution >= 0.6 is 27.7 Å². The molecular formula is C16H14BrN3S. The molecule has 3 rings (SSSR count). The van der Waals surface area contributed by atoms with Crippen molar-refractivity contribution in [3.63, 3.8) is 0 Å². The highest BCUT2D eigenvalue weighted by Crippen LogP contribution is 2.27.